The molecule has 2 rings (SSSR count). The van der Waals surface area contributed by atoms with Crippen molar-refractivity contribution in [3.63, 3.8) is 0 Å². The van der Waals surface area contributed by atoms with Crippen LogP contribution in [0.5, 0.6) is 0 Å². The van der Waals surface area contributed by atoms with E-state index in [0.29, 0.717) is 37.1 Å². The lowest BCUT2D eigenvalue weighted by Crippen LogP contribution is -2.44. The lowest BCUT2D eigenvalue weighted by molar-refractivity contribution is -0.118. The van der Waals surface area contributed by atoms with Crippen LogP contribution in [0.25, 0.3) is 0 Å². The number of alkyl carbamates (subject to hydrolysis) is 1. The van der Waals surface area contributed by atoms with E-state index in [1.54, 1.807) is 24.3 Å². The number of hydroxylamine groups is 1. The molecule has 1 atom stereocenters. The third-order valence-corrected chi connectivity index (χ3v) is 4.41. The molecule has 0 aliphatic carbocycles. The highest BCUT2D eigenvalue weighted by Crippen LogP contribution is 2.12. The molecule has 0 aromatic heterocycles. The van der Waals surface area contributed by atoms with Gasteiger partial charge in [-0.3, -0.25) is 9.59 Å². The quantitative estimate of drug-likeness (QED) is 0.255. The van der Waals surface area contributed by atoms with E-state index in [9.17, 15) is 14.4 Å². The number of anilines is 1. The average Bonchev–Trinajstić information content (AvgIpc) is 2.75. The second-order valence-electron chi connectivity index (χ2n) is 6.79. The maximum absolute atomic E-state index is 12.7. The first-order chi connectivity index (χ1) is 14.5. The molecule has 0 bridgehead atoms. The Morgan fingerprint density at radius 3 is 2.33 bits per heavy atom. The Morgan fingerprint density at radius 1 is 1.00 bits per heavy atom. The fraction of sp³-hybridized carbons (Fsp3) is 0.318. The number of carbonyl (C=O) groups is 3. The summed E-state index contributed by atoms with van der Waals surface area (Å²) in [7, 11) is 0. The molecule has 0 aliphatic heterocycles. The summed E-state index contributed by atoms with van der Waals surface area (Å²) in [6, 6.07) is 15.0. The number of hydrogen-bond acceptors (Lipinski definition) is 6. The molecule has 30 heavy (non-hydrogen) atoms. The second-order valence-corrected chi connectivity index (χ2v) is 6.79. The van der Waals surface area contributed by atoms with Crippen molar-refractivity contribution in [1.82, 2.24) is 10.8 Å². The number of nitrogens with one attached hydrogen (secondary N) is 3. The van der Waals surface area contributed by atoms with E-state index in [1.807, 2.05) is 30.3 Å². The highest BCUT2D eigenvalue weighted by molar-refractivity contribution is 5.98. The van der Waals surface area contributed by atoms with Gasteiger partial charge in [0.2, 0.25) is 5.91 Å². The summed E-state index contributed by atoms with van der Waals surface area (Å²) in [4.78, 5) is 36.3. The van der Waals surface area contributed by atoms with E-state index in [1.165, 1.54) is 6.92 Å². The van der Waals surface area contributed by atoms with Crippen molar-refractivity contribution >= 4 is 23.5 Å². The maximum atomic E-state index is 12.7. The number of Topliss-reactive ketones (excluding diaryl/α,β-unsaturated/α-hetero) is 1. The van der Waals surface area contributed by atoms with Crippen molar-refractivity contribution in [2.24, 2.45) is 0 Å². The van der Waals surface area contributed by atoms with Crippen LogP contribution in [0.2, 0.25) is 0 Å². The van der Waals surface area contributed by atoms with Crippen LogP contribution < -0.4 is 16.1 Å². The van der Waals surface area contributed by atoms with E-state index in [-0.39, 0.29) is 18.3 Å². The Balaban J connectivity index is 1.95. The van der Waals surface area contributed by atoms with Crippen LogP contribution in [0.3, 0.4) is 0 Å². The van der Waals surface area contributed by atoms with Crippen molar-refractivity contribution in [3.05, 3.63) is 65.7 Å². The van der Waals surface area contributed by atoms with Crippen molar-refractivity contribution in [3.8, 4) is 0 Å². The van der Waals surface area contributed by atoms with Crippen molar-refractivity contribution in [1.29, 1.82) is 0 Å². The number of amides is 2. The van der Waals surface area contributed by atoms with Gasteiger partial charge in [-0.05, 0) is 56.0 Å². The predicted octanol–water partition coefficient (Wildman–Crippen LogP) is 3.27. The number of carbonyl (C=O) groups excluding carboxylic acids is 3. The Labute approximate surface area is 175 Å². The van der Waals surface area contributed by atoms with Crippen LogP contribution in [0.15, 0.2) is 54.6 Å². The van der Waals surface area contributed by atoms with Gasteiger partial charge in [0, 0.05) is 17.8 Å². The predicted molar refractivity (Wildman–Crippen MR) is 112 cm³/mol. The van der Waals surface area contributed by atoms with Crippen molar-refractivity contribution < 1.29 is 24.3 Å². The van der Waals surface area contributed by atoms with Gasteiger partial charge < -0.3 is 20.6 Å². The van der Waals surface area contributed by atoms with Gasteiger partial charge in [-0.1, -0.05) is 30.3 Å². The summed E-state index contributed by atoms with van der Waals surface area (Å²) in [6.07, 6.45) is 0.924. The normalized spacial score (nSPS) is 11.4. The van der Waals surface area contributed by atoms with Crippen LogP contribution in [0.4, 0.5) is 10.5 Å². The van der Waals surface area contributed by atoms with Crippen molar-refractivity contribution in [2.45, 2.75) is 38.8 Å². The lowest BCUT2D eigenvalue weighted by Gasteiger charge is -2.18. The third kappa shape index (κ3) is 8.02. The number of unbranched alkanes of at least 4 members (excludes halogenated alkanes) is 1. The summed E-state index contributed by atoms with van der Waals surface area (Å²) in [5.74, 6) is -0.453. The lowest BCUT2D eigenvalue weighted by atomic mass is 10.1. The van der Waals surface area contributed by atoms with Gasteiger partial charge >= 0.3 is 6.09 Å². The highest BCUT2D eigenvalue weighted by Gasteiger charge is 2.21. The maximum Gasteiger partial charge on any atom is 0.408 e. The van der Waals surface area contributed by atoms with Gasteiger partial charge in [0.1, 0.15) is 12.6 Å². The molecule has 4 N–H and O–H groups in total. The smallest absolute Gasteiger partial charge is 0.408 e. The fourth-order valence-electron chi connectivity index (χ4n) is 2.75. The zero-order valence-corrected chi connectivity index (χ0v) is 16.9. The minimum atomic E-state index is -0.806. The first kappa shape index (κ1) is 23.1. The van der Waals surface area contributed by atoms with E-state index in [4.69, 9.17) is 9.94 Å². The molecule has 8 heteroatoms. The van der Waals surface area contributed by atoms with E-state index >= 15 is 0 Å². The minimum Gasteiger partial charge on any atom is -0.445 e. The number of ether oxygens (including phenoxy) is 1. The molecule has 2 aromatic carbocycles. The second kappa shape index (κ2) is 12.4. The first-order valence-corrected chi connectivity index (χ1v) is 9.75. The fourth-order valence-corrected chi connectivity index (χ4v) is 2.75. The third-order valence-electron chi connectivity index (χ3n) is 4.41. The van der Waals surface area contributed by atoms with E-state index in [0.717, 1.165) is 5.56 Å². The highest BCUT2D eigenvalue weighted by atomic mass is 16.5. The van der Waals surface area contributed by atoms with Gasteiger partial charge in [-0.2, -0.15) is 0 Å². The summed E-state index contributed by atoms with van der Waals surface area (Å²) < 4.78 is 5.21. The number of hydrogen-bond donors (Lipinski definition) is 4. The van der Waals surface area contributed by atoms with Gasteiger partial charge in [0.15, 0.2) is 5.78 Å². The van der Waals surface area contributed by atoms with Crippen LogP contribution in [-0.2, 0) is 16.1 Å². The van der Waals surface area contributed by atoms with Gasteiger partial charge in [0.25, 0.3) is 0 Å². The molecule has 0 heterocycles. The van der Waals surface area contributed by atoms with Gasteiger partial charge in [0.05, 0.1) is 0 Å². The molecule has 0 spiro atoms. The van der Waals surface area contributed by atoms with E-state index < -0.39 is 12.1 Å². The molecule has 160 valence electrons. The van der Waals surface area contributed by atoms with Crippen LogP contribution in [-0.4, -0.2) is 35.6 Å². The Kier molecular flexibility index (Phi) is 9.50. The molecule has 0 saturated carbocycles. The molecule has 8 nitrogen and oxygen atoms in total. The molecule has 0 fully saturated rings. The molecule has 0 radical (unpaired) electrons. The minimum absolute atomic E-state index is 0.0638. The molecule has 0 saturated heterocycles. The van der Waals surface area contributed by atoms with Gasteiger partial charge in [-0.15, -0.1) is 0 Å². The topological polar surface area (TPSA) is 117 Å². The average molecular weight is 413 g/mol. The Morgan fingerprint density at radius 2 is 1.70 bits per heavy atom. The van der Waals surface area contributed by atoms with Crippen molar-refractivity contribution in [2.75, 3.05) is 11.9 Å². The summed E-state index contributed by atoms with van der Waals surface area (Å²) in [6.45, 7) is 1.96. The SMILES string of the molecule is CC(=O)c1ccc(NC(=O)[C@H](CCCCNO)NC(=O)OCc2ccccc2)cc1. The summed E-state index contributed by atoms with van der Waals surface area (Å²) in [5.41, 5.74) is 3.97. The van der Waals surface area contributed by atoms with Crippen LogP contribution in [0, 0.1) is 0 Å². The standard InChI is InChI=1S/C22H27N3O5/c1-16(26)18-10-12-19(13-11-18)24-21(27)20(9-5-6-14-23-29)25-22(28)30-15-17-7-3-2-4-8-17/h2-4,7-8,10-13,20,23,29H,5-6,9,14-15H2,1H3,(H,24,27)(H,25,28)/t20-/m0/s1. The number of rotatable bonds is 11. The monoisotopic (exact) mass is 413 g/mol. The Hall–Kier alpha value is -3.23. The van der Waals surface area contributed by atoms with E-state index in [2.05, 4.69) is 16.1 Å². The molecule has 0 aliphatic rings. The zero-order valence-electron chi connectivity index (χ0n) is 16.9. The van der Waals surface area contributed by atoms with Crippen LogP contribution >= 0.6 is 0 Å². The summed E-state index contributed by atoms with van der Waals surface area (Å²) in [5, 5.41) is 14.0. The molecular formula is C22H27N3O5. The van der Waals surface area contributed by atoms with Crippen LogP contribution in [0.1, 0.15) is 42.1 Å². The molecule has 2 amide bonds. The van der Waals surface area contributed by atoms with Gasteiger partial charge in [-0.25, -0.2) is 10.3 Å². The summed E-state index contributed by atoms with van der Waals surface area (Å²) >= 11 is 0. The number of benzene rings is 2. The first-order valence-electron chi connectivity index (χ1n) is 9.75. The Bertz CT molecular complexity index is 824. The molecule has 0 unspecified atom stereocenters. The molecule has 2 aromatic rings. The zero-order chi connectivity index (χ0) is 21.8. The molecular weight excluding hydrogens is 386 g/mol. The largest absolute Gasteiger partial charge is 0.445 e. The number of ketones is 1.